The molecule has 5 nitrogen and oxygen atoms in total. The minimum Gasteiger partial charge on any atom is -0.338 e. The molecule has 0 radical (unpaired) electrons. The van der Waals surface area contributed by atoms with Gasteiger partial charge in [-0.1, -0.05) is 29.8 Å². The maximum absolute atomic E-state index is 12.8. The fourth-order valence-electron chi connectivity index (χ4n) is 3.84. The van der Waals surface area contributed by atoms with Gasteiger partial charge in [-0.05, 0) is 32.3 Å². The Bertz CT molecular complexity index is 684. The van der Waals surface area contributed by atoms with Gasteiger partial charge in [0.1, 0.15) is 0 Å². The molecule has 2 aliphatic heterocycles. The number of likely N-dealkylation sites (N-methyl/N-ethyl adjacent to an activating group) is 1. The number of hydrogen-bond acceptors (Lipinski definition) is 3. The van der Waals surface area contributed by atoms with Crippen molar-refractivity contribution in [3.8, 4) is 0 Å². The fraction of sp³-hybridized carbons (Fsp3) is 0.588. The highest BCUT2D eigenvalue weighted by atomic mass is 32.2. The molecule has 2 fully saturated rings. The van der Waals surface area contributed by atoms with Crippen LogP contribution in [0.25, 0.3) is 0 Å². The molecule has 2 atom stereocenters. The van der Waals surface area contributed by atoms with Crippen LogP contribution in [0, 0.1) is 6.92 Å². The van der Waals surface area contributed by atoms with Gasteiger partial charge in [-0.25, -0.2) is 8.42 Å². The van der Waals surface area contributed by atoms with E-state index in [0.29, 0.717) is 25.9 Å². The van der Waals surface area contributed by atoms with Crippen molar-refractivity contribution in [1.29, 1.82) is 0 Å². The largest absolute Gasteiger partial charge is 0.338 e. The number of aryl methyl sites for hydroxylation is 1. The van der Waals surface area contributed by atoms with Crippen molar-refractivity contribution < 1.29 is 13.2 Å². The van der Waals surface area contributed by atoms with E-state index in [4.69, 9.17) is 0 Å². The molecule has 0 aromatic heterocycles. The summed E-state index contributed by atoms with van der Waals surface area (Å²) in [7, 11) is -3.35. The van der Waals surface area contributed by atoms with Gasteiger partial charge >= 0.3 is 0 Å². The topological polar surface area (TPSA) is 57.7 Å². The molecule has 1 aromatic carbocycles. The normalized spacial score (nSPS) is 25.7. The molecule has 6 heteroatoms. The van der Waals surface area contributed by atoms with Gasteiger partial charge in [-0.2, -0.15) is 4.31 Å². The van der Waals surface area contributed by atoms with Crippen LogP contribution in [0.3, 0.4) is 0 Å². The summed E-state index contributed by atoms with van der Waals surface area (Å²) < 4.78 is 27.3. The van der Waals surface area contributed by atoms with E-state index in [-0.39, 0.29) is 23.7 Å². The Hall–Kier alpha value is -1.40. The molecule has 0 unspecified atom stereocenters. The van der Waals surface area contributed by atoms with E-state index in [0.717, 1.165) is 17.5 Å². The van der Waals surface area contributed by atoms with Gasteiger partial charge in [0, 0.05) is 31.6 Å². The molecule has 0 saturated carbocycles. The smallest absolute Gasteiger partial charge is 0.222 e. The maximum atomic E-state index is 12.8. The van der Waals surface area contributed by atoms with Crippen molar-refractivity contribution >= 4 is 15.9 Å². The van der Waals surface area contributed by atoms with Gasteiger partial charge < -0.3 is 4.90 Å². The summed E-state index contributed by atoms with van der Waals surface area (Å²) in [6.07, 6.45) is 1.84. The molecule has 0 N–H and O–H groups in total. The van der Waals surface area contributed by atoms with E-state index >= 15 is 0 Å². The predicted octanol–water partition coefficient (Wildman–Crippen LogP) is 1.91. The SMILES string of the molecule is CCN1C(=O)CC[C@@H]2[C@H]1CCN2S(=O)(=O)Cc1ccc(C)cc1. The third-order valence-corrected chi connectivity index (χ3v) is 6.87. The molecule has 0 bridgehead atoms. The molecule has 0 spiro atoms. The number of rotatable bonds is 4. The van der Waals surface area contributed by atoms with Gasteiger partial charge in [0.25, 0.3) is 0 Å². The lowest BCUT2D eigenvalue weighted by atomic mass is 9.97. The van der Waals surface area contributed by atoms with Crippen LogP contribution >= 0.6 is 0 Å². The summed E-state index contributed by atoms with van der Waals surface area (Å²) in [5.41, 5.74) is 1.94. The lowest BCUT2D eigenvalue weighted by molar-refractivity contribution is -0.136. The monoisotopic (exact) mass is 336 g/mol. The van der Waals surface area contributed by atoms with Crippen LogP contribution in [0.2, 0.25) is 0 Å². The van der Waals surface area contributed by atoms with Crippen molar-refractivity contribution in [3.05, 3.63) is 35.4 Å². The molecule has 0 aliphatic carbocycles. The van der Waals surface area contributed by atoms with Crippen molar-refractivity contribution in [1.82, 2.24) is 9.21 Å². The third-order valence-electron chi connectivity index (χ3n) is 5.00. The summed E-state index contributed by atoms with van der Waals surface area (Å²) in [5, 5.41) is 0. The van der Waals surface area contributed by atoms with Gasteiger partial charge in [0.05, 0.1) is 5.75 Å². The Morgan fingerprint density at radius 2 is 1.83 bits per heavy atom. The maximum Gasteiger partial charge on any atom is 0.222 e. The number of carbonyl (C=O) groups is 1. The number of likely N-dealkylation sites (tertiary alicyclic amines) is 1. The summed E-state index contributed by atoms with van der Waals surface area (Å²) in [4.78, 5) is 13.9. The molecule has 2 heterocycles. The van der Waals surface area contributed by atoms with Crippen molar-refractivity contribution in [2.45, 2.75) is 50.9 Å². The molecule has 3 rings (SSSR count). The first kappa shape index (κ1) is 16.5. The second-order valence-corrected chi connectivity index (χ2v) is 8.42. The molecule has 1 aromatic rings. The Morgan fingerprint density at radius 1 is 1.13 bits per heavy atom. The first-order valence-corrected chi connectivity index (χ1v) is 9.88. The zero-order chi connectivity index (χ0) is 16.6. The second kappa shape index (κ2) is 6.24. The van der Waals surface area contributed by atoms with Crippen LogP contribution in [0.15, 0.2) is 24.3 Å². The van der Waals surface area contributed by atoms with Crippen molar-refractivity contribution in [3.63, 3.8) is 0 Å². The van der Waals surface area contributed by atoms with Gasteiger partial charge in [-0.3, -0.25) is 4.79 Å². The van der Waals surface area contributed by atoms with E-state index in [1.165, 1.54) is 0 Å². The third kappa shape index (κ3) is 3.15. The molecule has 1 amide bonds. The molecular formula is C17H24N2O3S. The zero-order valence-electron chi connectivity index (χ0n) is 13.7. The Balaban J connectivity index is 1.78. The standard InChI is InChI=1S/C17H24N2O3S/c1-3-18-15-10-11-19(16(15)8-9-17(18)20)23(21,22)12-14-6-4-13(2)5-7-14/h4-7,15-16H,3,8-12H2,1-2H3/t15-,16-/m1/s1. The highest BCUT2D eigenvalue weighted by Gasteiger charge is 2.46. The van der Waals surface area contributed by atoms with E-state index in [1.807, 2.05) is 43.0 Å². The van der Waals surface area contributed by atoms with Crippen molar-refractivity contribution in [2.24, 2.45) is 0 Å². The van der Waals surface area contributed by atoms with Crippen molar-refractivity contribution in [2.75, 3.05) is 13.1 Å². The Labute approximate surface area is 138 Å². The highest BCUT2D eigenvalue weighted by Crippen LogP contribution is 2.33. The van der Waals surface area contributed by atoms with E-state index in [1.54, 1.807) is 4.31 Å². The summed E-state index contributed by atoms with van der Waals surface area (Å²) in [6.45, 7) is 5.13. The Kier molecular flexibility index (Phi) is 4.47. The van der Waals surface area contributed by atoms with E-state index < -0.39 is 10.0 Å². The lowest BCUT2D eigenvalue weighted by Crippen LogP contribution is -2.53. The lowest BCUT2D eigenvalue weighted by Gasteiger charge is -2.38. The number of piperidine rings is 1. The van der Waals surface area contributed by atoms with Gasteiger partial charge in [0.15, 0.2) is 0 Å². The summed E-state index contributed by atoms with van der Waals surface area (Å²) >= 11 is 0. The average Bonchev–Trinajstić information content (AvgIpc) is 2.94. The molecule has 2 saturated heterocycles. The summed E-state index contributed by atoms with van der Waals surface area (Å²) in [6, 6.07) is 7.63. The van der Waals surface area contributed by atoms with Crippen LogP contribution < -0.4 is 0 Å². The number of benzene rings is 1. The zero-order valence-corrected chi connectivity index (χ0v) is 14.6. The second-order valence-electron chi connectivity index (χ2n) is 6.49. The molecule has 2 aliphatic rings. The van der Waals surface area contributed by atoms with Crippen LogP contribution in [0.4, 0.5) is 0 Å². The number of amides is 1. The highest BCUT2D eigenvalue weighted by molar-refractivity contribution is 7.88. The molecule has 126 valence electrons. The van der Waals surface area contributed by atoms with Crippen LogP contribution in [0.1, 0.15) is 37.3 Å². The quantitative estimate of drug-likeness (QED) is 0.844. The predicted molar refractivity (Wildman–Crippen MR) is 89.3 cm³/mol. The minimum absolute atomic E-state index is 0.0383. The van der Waals surface area contributed by atoms with Crippen LogP contribution in [-0.2, 0) is 20.6 Å². The molecular weight excluding hydrogens is 312 g/mol. The number of fused-ring (bicyclic) bond motifs is 1. The fourth-order valence-corrected chi connectivity index (χ4v) is 5.67. The summed E-state index contributed by atoms with van der Waals surface area (Å²) in [5.74, 6) is 0.197. The van der Waals surface area contributed by atoms with Crippen LogP contribution in [0.5, 0.6) is 0 Å². The number of carbonyl (C=O) groups excluding carboxylic acids is 1. The van der Waals surface area contributed by atoms with Gasteiger partial charge in [-0.15, -0.1) is 0 Å². The van der Waals surface area contributed by atoms with E-state index in [2.05, 4.69) is 0 Å². The van der Waals surface area contributed by atoms with Crippen LogP contribution in [-0.4, -0.2) is 48.7 Å². The Morgan fingerprint density at radius 3 is 2.48 bits per heavy atom. The minimum atomic E-state index is -3.35. The molecule has 23 heavy (non-hydrogen) atoms. The number of sulfonamides is 1. The number of nitrogens with zero attached hydrogens (tertiary/aromatic N) is 2. The average molecular weight is 336 g/mol. The number of hydrogen-bond donors (Lipinski definition) is 0. The first-order chi connectivity index (χ1) is 10.9. The van der Waals surface area contributed by atoms with Gasteiger partial charge in [0.2, 0.25) is 15.9 Å². The first-order valence-electron chi connectivity index (χ1n) is 8.27. The van der Waals surface area contributed by atoms with E-state index in [9.17, 15) is 13.2 Å².